The Morgan fingerprint density at radius 1 is 1.18 bits per heavy atom. The van der Waals surface area contributed by atoms with Gasteiger partial charge in [-0.25, -0.2) is 9.37 Å². The minimum absolute atomic E-state index is 0.0986. The lowest BCUT2D eigenvalue weighted by Gasteiger charge is -2.46. The Kier molecular flexibility index (Phi) is 5.95. The first kappa shape index (κ1) is 25.0. The van der Waals surface area contributed by atoms with Crippen LogP contribution in [0.4, 0.5) is 9.52 Å². The minimum Gasteiger partial charge on any atom is -0.360 e. The highest BCUT2D eigenvalue weighted by Gasteiger charge is 2.44. The number of piperidine rings is 1. The van der Waals surface area contributed by atoms with E-state index in [9.17, 15) is 9.18 Å². The van der Waals surface area contributed by atoms with Crippen LogP contribution in [0.15, 0.2) is 35.1 Å². The van der Waals surface area contributed by atoms with Gasteiger partial charge < -0.3 is 14.7 Å². The van der Waals surface area contributed by atoms with Crippen LogP contribution in [-0.2, 0) is 0 Å². The zero-order chi connectivity index (χ0) is 26.9. The second kappa shape index (κ2) is 9.28. The topological polar surface area (TPSA) is 84.2 Å². The number of aromatic nitrogens is 3. The second-order valence-corrected chi connectivity index (χ2v) is 12.4. The van der Waals surface area contributed by atoms with Gasteiger partial charge in [-0.05, 0) is 55.2 Å². The molecule has 39 heavy (non-hydrogen) atoms. The summed E-state index contributed by atoms with van der Waals surface area (Å²) in [5, 5.41) is 8.67. The quantitative estimate of drug-likeness (QED) is 0.269. The van der Waals surface area contributed by atoms with Gasteiger partial charge >= 0.3 is 0 Å². The molecule has 1 saturated carbocycles. The molecule has 0 atom stereocenters. The standard InChI is InChI=1S/C28H24Cl2FN5O2S/c1-32-26(37)15-8-19(31)23-20(9-15)39-27(34-23)36-6-4-28(5-7-36)10-16(11-28)21-24(35-38-25(21)14-2-3-14)22-17(29)12-33-13-18(22)30/h8-10,12-14H,2-7,11H2,1H3,(H,32,37). The summed E-state index contributed by atoms with van der Waals surface area (Å²) in [4.78, 5) is 22.9. The molecule has 0 bridgehead atoms. The maximum absolute atomic E-state index is 14.7. The number of nitrogens with zero attached hydrogens (tertiary/aromatic N) is 4. The van der Waals surface area contributed by atoms with E-state index in [1.54, 1.807) is 18.5 Å². The number of pyridine rings is 1. The fourth-order valence-corrected chi connectivity index (χ4v) is 7.39. The Hall–Kier alpha value is -3.01. The molecule has 1 amide bonds. The number of halogens is 3. The molecule has 1 saturated heterocycles. The van der Waals surface area contributed by atoms with Gasteiger partial charge in [0.2, 0.25) is 0 Å². The molecule has 0 radical (unpaired) electrons. The number of allylic oxidation sites excluding steroid dienone is 2. The van der Waals surface area contributed by atoms with Gasteiger partial charge in [0.05, 0.1) is 14.7 Å². The van der Waals surface area contributed by atoms with E-state index in [0.29, 0.717) is 43.0 Å². The van der Waals surface area contributed by atoms with E-state index < -0.39 is 5.82 Å². The average Bonchev–Trinajstić information content (AvgIpc) is 3.52. The Labute approximate surface area is 238 Å². The van der Waals surface area contributed by atoms with Crippen LogP contribution in [0.1, 0.15) is 59.7 Å². The fraction of sp³-hybridized carbons (Fsp3) is 0.357. The number of nitrogens with one attached hydrogen (secondary N) is 1. The summed E-state index contributed by atoms with van der Waals surface area (Å²) in [5.74, 6) is 0.537. The van der Waals surface area contributed by atoms with Gasteiger partial charge in [0.1, 0.15) is 17.0 Å². The summed E-state index contributed by atoms with van der Waals surface area (Å²) in [5.41, 5.74) is 4.34. The zero-order valence-electron chi connectivity index (χ0n) is 21.1. The summed E-state index contributed by atoms with van der Waals surface area (Å²) < 4.78 is 21.2. The zero-order valence-corrected chi connectivity index (χ0v) is 23.4. The Morgan fingerprint density at radius 3 is 2.56 bits per heavy atom. The predicted octanol–water partition coefficient (Wildman–Crippen LogP) is 7.10. The van der Waals surface area contributed by atoms with Crippen molar-refractivity contribution in [1.29, 1.82) is 0 Å². The van der Waals surface area contributed by atoms with Crippen molar-refractivity contribution in [3.63, 3.8) is 0 Å². The van der Waals surface area contributed by atoms with Gasteiger partial charge in [0.25, 0.3) is 5.91 Å². The fourth-order valence-electron chi connectivity index (χ4n) is 5.78. The van der Waals surface area contributed by atoms with Gasteiger partial charge in [-0.15, -0.1) is 0 Å². The van der Waals surface area contributed by atoms with E-state index in [4.69, 9.17) is 27.7 Å². The highest BCUT2D eigenvalue weighted by molar-refractivity contribution is 7.22. The molecule has 7 rings (SSSR count). The summed E-state index contributed by atoms with van der Waals surface area (Å²) in [6, 6.07) is 2.96. The van der Waals surface area contributed by atoms with Crippen LogP contribution in [0.3, 0.4) is 0 Å². The molecule has 200 valence electrons. The van der Waals surface area contributed by atoms with E-state index >= 15 is 0 Å². The molecule has 2 aliphatic carbocycles. The summed E-state index contributed by atoms with van der Waals surface area (Å²) >= 11 is 14.4. The largest absolute Gasteiger partial charge is 0.360 e. The molecule has 11 heteroatoms. The predicted molar refractivity (Wildman–Crippen MR) is 151 cm³/mol. The smallest absolute Gasteiger partial charge is 0.251 e. The van der Waals surface area contributed by atoms with Crippen molar-refractivity contribution >= 4 is 61.4 Å². The molecule has 2 fully saturated rings. The third kappa shape index (κ3) is 4.22. The van der Waals surface area contributed by atoms with Crippen molar-refractivity contribution in [1.82, 2.24) is 20.4 Å². The van der Waals surface area contributed by atoms with Crippen molar-refractivity contribution in [2.45, 2.75) is 38.0 Å². The Bertz CT molecular complexity index is 1650. The van der Waals surface area contributed by atoms with Crippen LogP contribution >= 0.6 is 34.5 Å². The molecule has 3 aromatic heterocycles. The van der Waals surface area contributed by atoms with Crippen molar-refractivity contribution < 1.29 is 13.7 Å². The van der Waals surface area contributed by atoms with Gasteiger partial charge in [0.15, 0.2) is 10.9 Å². The van der Waals surface area contributed by atoms with Gasteiger partial charge in [-0.1, -0.05) is 45.8 Å². The van der Waals surface area contributed by atoms with Crippen LogP contribution in [0.25, 0.3) is 27.0 Å². The first-order valence-corrected chi connectivity index (χ1v) is 14.5. The van der Waals surface area contributed by atoms with Crippen molar-refractivity contribution in [2.24, 2.45) is 5.41 Å². The first-order valence-electron chi connectivity index (χ1n) is 12.9. The summed E-state index contributed by atoms with van der Waals surface area (Å²) in [7, 11) is 1.53. The van der Waals surface area contributed by atoms with Crippen molar-refractivity contribution in [2.75, 3.05) is 25.0 Å². The summed E-state index contributed by atoms with van der Waals surface area (Å²) in [6.45, 7) is 1.64. The van der Waals surface area contributed by atoms with Gasteiger partial charge in [-0.2, -0.15) is 0 Å². The molecular weight excluding hydrogens is 560 g/mol. The molecule has 4 aromatic rings. The van der Waals surface area contributed by atoms with E-state index in [1.165, 1.54) is 30.0 Å². The molecule has 1 spiro atoms. The number of anilines is 1. The molecule has 4 heterocycles. The summed E-state index contributed by atoms with van der Waals surface area (Å²) in [6.07, 6.45) is 10.6. The Balaban J connectivity index is 1.14. The first-order chi connectivity index (χ1) is 18.9. The maximum Gasteiger partial charge on any atom is 0.251 e. The number of thiazole rings is 1. The molecule has 1 N–H and O–H groups in total. The lowest BCUT2D eigenvalue weighted by atomic mass is 9.63. The third-order valence-corrected chi connectivity index (χ3v) is 9.69. The monoisotopic (exact) mass is 583 g/mol. The Morgan fingerprint density at radius 2 is 1.90 bits per heavy atom. The lowest BCUT2D eigenvalue weighted by molar-refractivity contribution is 0.0963. The third-order valence-electron chi connectivity index (χ3n) is 8.06. The van der Waals surface area contributed by atoms with Gasteiger partial charge in [0, 0.05) is 55.1 Å². The van der Waals surface area contributed by atoms with Crippen LogP contribution in [-0.4, -0.2) is 41.2 Å². The van der Waals surface area contributed by atoms with Crippen LogP contribution < -0.4 is 10.2 Å². The van der Waals surface area contributed by atoms with Gasteiger partial charge in [-0.3, -0.25) is 9.78 Å². The normalized spacial score (nSPS) is 18.4. The van der Waals surface area contributed by atoms with Crippen LogP contribution in [0.5, 0.6) is 0 Å². The number of carbonyl (C=O) groups excluding carboxylic acids is 1. The number of amides is 1. The number of benzene rings is 1. The second-order valence-electron chi connectivity index (χ2n) is 10.6. The number of rotatable bonds is 5. The molecule has 3 aliphatic rings. The molecule has 0 unspecified atom stereocenters. The maximum atomic E-state index is 14.7. The highest BCUT2D eigenvalue weighted by Crippen LogP contribution is 2.56. The lowest BCUT2D eigenvalue weighted by Crippen LogP contribution is -2.42. The van der Waals surface area contributed by atoms with E-state index in [2.05, 4.69) is 31.4 Å². The van der Waals surface area contributed by atoms with Crippen molar-refractivity contribution in [3.05, 3.63) is 63.4 Å². The molecule has 1 aliphatic heterocycles. The average molecular weight is 585 g/mol. The molecule has 7 nitrogen and oxygen atoms in total. The highest BCUT2D eigenvalue weighted by atomic mass is 35.5. The van der Waals surface area contributed by atoms with Crippen LogP contribution in [0, 0.1) is 11.2 Å². The molecule has 1 aromatic carbocycles. The molecular formula is C28H24Cl2FN5O2S. The number of hydrogen-bond donors (Lipinski definition) is 1. The number of fused-ring (bicyclic) bond motifs is 1. The van der Waals surface area contributed by atoms with Crippen LogP contribution in [0.2, 0.25) is 10.0 Å². The van der Waals surface area contributed by atoms with E-state index in [1.807, 2.05) is 0 Å². The minimum atomic E-state index is -0.473. The van der Waals surface area contributed by atoms with Crippen molar-refractivity contribution in [3.8, 4) is 11.3 Å². The number of hydrogen-bond acceptors (Lipinski definition) is 7. The van der Waals surface area contributed by atoms with E-state index in [-0.39, 0.29) is 11.3 Å². The van der Waals surface area contributed by atoms with E-state index in [0.717, 1.165) is 61.6 Å². The SMILES string of the molecule is CNC(=O)c1cc(F)c2nc(N3CCC4(C=C(c5c(-c6c(Cl)cncc6Cl)noc5C5CC5)C4)CC3)sc2c1. The number of carbonyl (C=O) groups is 1.